The first-order valence-corrected chi connectivity index (χ1v) is 10.7. The Morgan fingerprint density at radius 1 is 1.21 bits per heavy atom. The van der Waals surface area contributed by atoms with Gasteiger partial charge in [-0.05, 0) is 56.2 Å². The number of aromatic nitrogens is 2. The maximum atomic E-state index is 13.0. The molecule has 2 rings (SSSR count). The molecule has 0 fully saturated rings. The monoisotopic (exact) mass is 425 g/mol. The van der Waals surface area contributed by atoms with Gasteiger partial charge in [0.2, 0.25) is 5.91 Å². The van der Waals surface area contributed by atoms with Crippen LogP contribution < -0.4 is 5.32 Å². The lowest BCUT2D eigenvalue weighted by Gasteiger charge is -2.20. The zero-order valence-electron chi connectivity index (χ0n) is 17.1. The van der Waals surface area contributed by atoms with Gasteiger partial charge in [-0.1, -0.05) is 37.2 Å². The SMILES string of the molecule is CCCC(NC(=O)CCc1c(C)nc(SC)nc1C)c1cccc(C(F)(F)F)c1. The molecule has 1 heterocycles. The van der Waals surface area contributed by atoms with E-state index in [9.17, 15) is 18.0 Å². The molecule has 158 valence electrons. The van der Waals surface area contributed by atoms with Crippen LogP contribution in [0, 0.1) is 13.8 Å². The third-order valence-electron chi connectivity index (χ3n) is 4.71. The van der Waals surface area contributed by atoms with Crippen LogP contribution in [0.2, 0.25) is 0 Å². The summed E-state index contributed by atoms with van der Waals surface area (Å²) < 4.78 is 39.1. The van der Waals surface area contributed by atoms with Gasteiger partial charge in [-0.2, -0.15) is 13.2 Å². The second kappa shape index (κ2) is 10.1. The van der Waals surface area contributed by atoms with Crippen molar-refractivity contribution in [3.05, 3.63) is 52.3 Å². The maximum Gasteiger partial charge on any atom is 0.416 e. The van der Waals surface area contributed by atoms with Gasteiger partial charge in [0.25, 0.3) is 0 Å². The molecule has 1 N–H and O–H groups in total. The fraction of sp³-hybridized carbons (Fsp3) is 0.476. The summed E-state index contributed by atoms with van der Waals surface area (Å²) >= 11 is 1.46. The van der Waals surface area contributed by atoms with Crippen LogP contribution in [-0.2, 0) is 17.4 Å². The number of halogens is 3. The van der Waals surface area contributed by atoms with Crippen LogP contribution in [0.15, 0.2) is 29.4 Å². The first-order valence-electron chi connectivity index (χ1n) is 9.50. The smallest absolute Gasteiger partial charge is 0.349 e. The lowest BCUT2D eigenvalue weighted by atomic mass is 9.99. The number of benzene rings is 1. The predicted molar refractivity (Wildman–Crippen MR) is 109 cm³/mol. The van der Waals surface area contributed by atoms with Gasteiger partial charge in [0, 0.05) is 17.8 Å². The van der Waals surface area contributed by atoms with E-state index in [1.165, 1.54) is 17.8 Å². The molecule has 1 aromatic carbocycles. The zero-order valence-corrected chi connectivity index (χ0v) is 17.9. The fourth-order valence-corrected chi connectivity index (χ4v) is 3.67. The van der Waals surface area contributed by atoms with Crippen LogP contribution in [-0.4, -0.2) is 22.1 Å². The molecule has 1 atom stereocenters. The summed E-state index contributed by atoms with van der Waals surface area (Å²) in [7, 11) is 0. The van der Waals surface area contributed by atoms with Crippen LogP contribution in [0.3, 0.4) is 0 Å². The molecule has 8 heteroatoms. The van der Waals surface area contributed by atoms with Gasteiger partial charge in [0.05, 0.1) is 11.6 Å². The lowest BCUT2D eigenvalue weighted by molar-refractivity contribution is -0.137. The first-order chi connectivity index (χ1) is 13.7. The van der Waals surface area contributed by atoms with Crippen molar-refractivity contribution >= 4 is 17.7 Å². The van der Waals surface area contributed by atoms with E-state index in [-0.39, 0.29) is 12.3 Å². The third-order valence-corrected chi connectivity index (χ3v) is 5.26. The average molecular weight is 426 g/mol. The Morgan fingerprint density at radius 2 is 1.86 bits per heavy atom. The average Bonchev–Trinajstić information content (AvgIpc) is 2.66. The molecule has 0 saturated carbocycles. The lowest BCUT2D eigenvalue weighted by Crippen LogP contribution is -2.29. The van der Waals surface area contributed by atoms with Gasteiger partial charge in [0.1, 0.15) is 0 Å². The number of rotatable bonds is 8. The van der Waals surface area contributed by atoms with Crippen molar-refractivity contribution in [1.82, 2.24) is 15.3 Å². The molecule has 0 radical (unpaired) electrons. The van der Waals surface area contributed by atoms with Crippen LogP contribution in [0.5, 0.6) is 0 Å². The van der Waals surface area contributed by atoms with Gasteiger partial charge in [-0.3, -0.25) is 4.79 Å². The van der Waals surface area contributed by atoms with Gasteiger partial charge >= 0.3 is 6.18 Å². The number of carbonyl (C=O) groups is 1. The number of thioether (sulfide) groups is 1. The zero-order chi connectivity index (χ0) is 21.6. The van der Waals surface area contributed by atoms with Crippen LogP contribution >= 0.6 is 11.8 Å². The second-order valence-electron chi connectivity index (χ2n) is 6.89. The summed E-state index contributed by atoms with van der Waals surface area (Å²) in [6.07, 6.45) is -0.486. The minimum atomic E-state index is -4.41. The molecular formula is C21H26F3N3OS. The number of aryl methyl sites for hydroxylation is 2. The van der Waals surface area contributed by atoms with E-state index < -0.39 is 17.8 Å². The minimum absolute atomic E-state index is 0.200. The van der Waals surface area contributed by atoms with E-state index in [4.69, 9.17) is 0 Å². The Balaban J connectivity index is 2.09. The van der Waals surface area contributed by atoms with E-state index in [1.807, 2.05) is 27.0 Å². The summed E-state index contributed by atoms with van der Waals surface area (Å²) in [5.41, 5.74) is 2.39. The van der Waals surface area contributed by atoms with E-state index in [2.05, 4.69) is 15.3 Å². The highest BCUT2D eigenvalue weighted by atomic mass is 32.2. The molecule has 0 bridgehead atoms. The molecule has 0 aliphatic carbocycles. The van der Waals surface area contributed by atoms with Crippen molar-refractivity contribution < 1.29 is 18.0 Å². The fourth-order valence-electron chi connectivity index (χ4n) is 3.21. The van der Waals surface area contributed by atoms with Crippen LogP contribution in [0.1, 0.15) is 60.3 Å². The Labute approximate surface area is 173 Å². The van der Waals surface area contributed by atoms with Gasteiger partial charge in [0.15, 0.2) is 5.16 Å². The molecular weight excluding hydrogens is 399 g/mol. The van der Waals surface area contributed by atoms with Crippen LogP contribution in [0.4, 0.5) is 13.2 Å². The first kappa shape index (κ1) is 23.2. The molecule has 4 nitrogen and oxygen atoms in total. The van der Waals surface area contributed by atoms with Crippen molar-refractivity contribution in [2.75, 3.05) is 6.26 Å². The number of amides is 1. The molecule has 0 spiro atoms. The topological polar surface area (TPSA) is 54.9 Å². The summed E-state index contributed by atoms with van der Waals surface area (Å²) in [6.45, 7) is 5.72. The Kier molecular flexibility index (Phi) is 8.07. The highest BCUT2D eigenvalue weighted by molar-refractivity contribution is 7.98. The van der Waals surface area contributed by atoms with Crippen molar-refractivity contribution in [3.63, 3.8) is 0 Å². The van der Waals surface area contributed by atoms with E-state index in [0.717, 1.165) is 35.5 Å². The van der Waals surface area contributed by atoms with Crippen molar-refractivity contribution in [2.24, 2.45) is 0 Å². The number of carbonyl (C=O) groups excluding carboxylic acids is 1. The molecule has 1 unspecified atom stereocenters. The minimum Gasteiger partial charge on any atom is -0.349 e. The normalized spacial score (nSPS) is 12.7. The quantitative estimate of drug-likeness (QED) is 0.453. The van der Waals surface area contributed by atoms with E-state index >= 15 is 0 Å². The number of nitrogens with zero attached hydrogens (tertiary/aromatic N) is 2. The van der Waals surface area contributed by atoms with Gasteiger partial charge in [-0.15, -0.1) is 0 Å². The van der Waals surface area contributed by atoms with E-state index in [1.54, 1.807) is 6.07 Å². The maximum absolute atomic E-state index is 13.0. The Bertz CT molecular complexity index is 832. The van der Waals surface area contributed by atoms with Crippen molar-refractivity contribution in [3.8, 4) is 0 Å². The number of alkyl halides is 3. The molecule has 1 aromatic heterocycles. The summed E-state index contributed by atoms with van der Waals surface area (Å²) in [4.78, 5) is 21.4. The van der Waals surface area contributed by atoms with Gasteiger partial charge < -0.3 is 5.32 Å². The Hall–Kier alpha value is -2.09. The standard InChI is InChI=1S/C21H26F3N3OS/c1-5-7-18(15-8-6-9-16(12-15)21(22,23)24)27-19(28)11-10-17-13(2)25-20(29-4)26-14(17)3/h6,8-9,12,18H,5,7,10-11H2,1-4H3,(H,27,28). The number of nitrogens with one attached hydrogen (secondary N) is 1. The molecule has 29 heavy (non-hydrogen) atoms. The van der Waals surface area contributed by atoms with Gasteiger partial charge in [-0.25, -0.2) is 9.97 Å². The number of hydrogen-bond donors (Lipinski definition) is 1. The Morgan fingerprint density at radius 3 is 2.41 bits per heavy atom. The summed E-state index contributed by atoms with van der Waals surface area (Å²) in [5, 5.41) is 3.59. The molecule has 0 aliphatic heterocycles. The molecule has 1 amide bonds. The summed E-state index contributed by atoms with van der Waals surface area (Å²) in [5.74, 6) is -0.200. The van der Waals surface area contributed by atoms with Crippen LogP contribution in [0.25, 0.3) is 0 Å². The second-order valence-corrected chi connectivity index (χ2v) is 7.67. The highest BCUT2D eigenvalue weighted by Gasteiger charge is 2.31. The largest absolute Gasteiger partial charge is 0.416 e. The predicted octanol–water partition coefficient (Wildman–Crippen LogP) is 5.42. The van der Waals surface area contributed by atoms with E-state index in [0.29, 0.717) is 23.6 Å². The third kappa shape index (κ3) is 6.45. The molecule has 0 aliphatic rings. The van der Waals surface area contributed by atoms with Crippen molar-refractivity contribution in [2.45, 2.75) is 63.8 Å². The van der Waals surface area contributed by atoms with Crippen molar-refractivity contribution in [1.29, 1.82) is 0 Å². The molecule has 2 aromatic rings. The highest BCUT2D eigenvalue weighted by Crippen LogP contribution is 2.31. The number of hydrogen-bond acceptors (Lipinski definition) is 4. The molecule has 0 saturated heterocycles. The summed E-state index contributed by atoms with van der Waals surface area (Å²) in [6, 6.07) is 4.71.